The van der Waals surface area contributed by atoms with Crippen LogP contribution in [-0.4, -0.2) is 28.3 Å². The van der Waals surface area contributed by atoms with Crippen LogP contribution in [0.5, 0.6) is 0 Å². The molecule has 5 heteroatoms. The van der Waals surface area contributed by atoms with Crippen molar-refractivity contribution in [3.8, 4) is 0 Å². The van der Waals surface area contributed by atoms with Gasteiger partial charge >= 0.3 is 5.97 Å². The van der Waals surface area contributed by atoms with Crippen molar-refractivity contribution < 1.29 is 14.3 Å². The normalized spacial score (nSPS) is 35.8. The number of hydrogen-bond acceptors (Lipinski definition) is 4. The van der Waals surface area contributed by atoms with E-state index in [-0.39, 0.29) is 39.0 Å². The predicted molar refractivity (Wildman–Crippen MR) is 102 cm³/mol. The van der Waals surface area contributed by atoms with Crippen LogP contribution in [0, 0.1) is 23.2 Å². The van der Waals surface area contributed by atoms with Gasteiger partial charge in [0.05, 0.1) is 18.4 Å². The molecule has 3 aliphatic rings. The number of hydrogen-bond donors (Lipinski definition) is 1. The average Bonchev–Trinajstić information content (AvgIpc) is 2.98. The number of piperidine rings is 1. The van der Waals surface area contributed by atoms with Gasteiger partial charge < -0.3 is 10.1 Å². The molecule has 2 fully saturated rings. The number of carbonyl (C=O) groups excluding carboxylic acids is 2. The summed E-state index contributed by atoms with van der Waals surface area (Å²) in [6.45, 7) is 6.46. The van der Waals surface area contributed by atoms with Crippen LogP contribution in [0.4, 0.5) is 0 Å². The van der Waals surface area contributed by atoms with Crippen molar-refractivity contribution in [2.75, 3.05) is 6.61 Å². The van der Waals surface area contributed by atoms with Gasteiger partial charge in [0.15, 0.2) is 0 Å². The lowest BCUT2D eigenvalue weighted by Gasteiger charge is -2.47. The Labute approximate surface area is 158 Å². The highest BCUT2D eigenvalue weighted by Crippen LogP contribution is 2.46. The fourth-order valence-corrected chi connectivity index (χ4v) is 6.23. The molecule has 0 aromatic heterocycles. The minimum Gasteiger partial charge on any atom is -0.466 e. The van der Waals surface area contributed by atoms with Crippen LogP contribution in [0.2, 0.25) is 0 Å². The maximum absolute atomic E-state index is 12.8. The number of nitrogens with one attached hydrogen (secondary N) is 1. The van der Waals surface area contributed by atoms with E-state index < -0.39 is 0 Å². The maximum atomic E-state index is 12.8. The number of carbonyl (C=O) groups is 2. The second kappa shape index (κ2) is 6.96. The lowest BCUT2D eigenvalue weighted by molar-refractivity contribution is -0.150. The van der Waals surface area contributed by atoms with E-state index in [9.17, 15) is 9.59 Å². The van der Waals surface area contributed by atoms with Crippen molar-refractivity contribution in [1.82, 2.24) is 5.32 Å². The highest BCUT2D eigenvalue weighted by molar-refractivity contribution is 14.1. The van der Waals surface area contributed by atoms with Crippen LogP contribution in [0.25, 0.3) is 0 Å². The molecule has 1 heterocycles. The zero-order valence-corrected chi connectivity index (χ0v) is 17.0. The molecule has 4 nitrogen and oxygen atoms in total. The number of allylic oxidation sites excluding steroid dienone is 2. The summed E-state index contributed by atoms with van der Waals surface area (Å²) in [6.07, 6.45) is 7.56. The van der Waals surface area contributed by atoms with Gasteiger partial charge in [-0.1, -0.05) is 55.4 Å². The number of rotatable bonds is 3. The first-order valence-corrected chi connectivity index (χ1v) is 10.4. The standard InChI is InChI=1S/C19H28INO3/c1-4-24-18(23)15-16(20)14-12(9-19(2,3)10-13(14)22)21-17(15)11-7-5-6-8-11/h9,11,14-17,21H,4-8,10H2,1-3H3. The minimum absolute atomic E-state index is 0.0247. The topological polar surface area (TPSA) is 55.4 Å². The molecule has 1 saturated carbocycles. The molecule has 1 aliphatic heterocycles. The molecule has 0 aromatic rings. The molecule has 0 bridgehead atoms. The minimum atomic E-state index is -0.235. The molecule has 3 rings (SSSR count). The van der Waals surface area contributed by atoms with Crippen LogP contribution in [0.1, 0.15) is 52.9 Å². The summed E-state index contributed by atoms with van der Waals surface area (Å²) in [6, 6.07) is 0.0950. The summed E-state index contributed by atoms with van der Waals surface area (Å²) < 4.78 is 5.36. The lowest BCUT2D eigenvalue weighted by Crippen LogP contribution is -2.59. The van der Waals surface area contributed by atoms with Gasteiger partial charge in [0, 0.05) is 22.1 Å². The van der Waals surface area contributed by atoms with Crippen molar-refractivity contribution in [2.45, 2.75) is 62.8 Å². The van der Waals surface area contributed by atoms with Crippen LogP contribution in [0.3, 0.4) is 0 Å². The third-order valence-corrected chi connectivity index (χ3v) is 7.20. The highest BCUT2D eigenvalue weighted by Gasteiger charge is 2.52. The van der Waals surface area contributed by atoms with Crippen molar-refractivity contribution in [2.24, 2.45) is 23.2 Å². The molecule has 24 heavy (non-hydrogen) atoms. The first-order chi connectivity index (χ1) is 11.3. The Hall–Kier alpha value is -0.590. The fraction of sp³-hybridized carbons (Fsp3) is 0.789. The molecule has 1 saturated heterocycles. The van der Waals surface area contributed by atoms with E-state index in [4.69, 9.17) is 4.74 Å². The molecule has 4 unspecified atom stereocenters. The molecular weight excluding hydrogens is 417 g/mol. The summed E-state index contributed by atoms with van der Waals surface area (Å²) >= 11 is 2.33. The summed E-state index contributed by atoms with van der Waals surface area (Å²) in [7, 11) is 0. The van der Waals surface area contributed by atoms with Crippen LogP contribution >= 0.6 is 22.6 Å². The third kappa shape index (κ3) is 3.37. The van der Waals surface area contributed by atoms with Gasteiger partial charge in [0.1, 0.15) is 5.78 Å². The zero-order chi connectivity index (χ0) is 17.5. The van der Waals surface area contributed by atoms with Gasteiger partial charge in [0.25, 0.3) is 0 Å². The number of ether oxygens (including phenoxy) is 1. The smallest absolute Gasteiger partial charge is 0.312 e. The molecule has 0 amide bonds. The lowest BCUT2D eigenvalue weighted by atomic mass is 9.68. The Morgan fingerprint density at radius 1 is 1.38 bits per heavy atom. The number of fused-ring (bicyclic) bond motifs is 1. The molecule has 134 valence electrons. The fourth-order valence-electron chi connectivity index (χ4n) is 4.71. The number of ketones is 1. The molecular formula is C19H28INO3. The number of halogens is 1. The van der Waals surface area contributed by atoms with Gasteiger partial charge in [0.2, 0.25) is 0 Å². The quantitative estimate of drug-likeness (QED) is 0.410. The van der Waals surface area contributed by atoms with Gasteiger partial charge in [-0.25, -0.2) is 0 Å². The van der Waals surface area contributed by atoms with Crippen LogP contribution in [-0.2, 0) is 14.3 Å². The molecule has 1 N–H and O–H groups in total. The van der Waals surface area contributed by atoms with Crippen molar-refractivity contribution in [3.05, 3.63) is 11.8 Å². The second-order valence-corrected chi connectivity index (χ2v) is 9.58. The van der Waals surface area contributed by atoms with Crippen molar-refractivity contribution in [1.29, 1.82) is 0 Å². The monoisotopic (exact) mass is 445 g/mol. The van der Waals surface area contributed by atoms with Crippen LogP contribution in [0.15, 0.2) is 11.8 Å². The van der Waals surface area contributed by atoms with Gasteiger partial charge in [-0.05, 0) is 31.1 Å². The first kappa shape index (κ1) is 18.2. The summed E-state index contributed by atoms with van der Waals surface area (Å²) in [5.41, 5.74) is 0.941. The Bertz CT molecular complexity index is 551. The molecule has 2 aliphatic carbocycles. The number of esters is 1. The van der Waals surface area contributed by atoms with Gasteiger partial charge in [-0.15, -0.1) is 0 Å². The molecule has 0 aromatic carbocycles. The van der Waals surface area contributed by atoms with Gasteiger partial charge in [-0.3, -0.25) is 9.59 Å². The van der Waals surface area contributed by atoms with E-state index in [1.807, 2.05) is 6.92 Å². The Morgan fingerprint density at radius 3 is 2.67 bits per heavy atom. The van der Waals surface area contributed by atoms with Crippen molar-refractivity contribution in [3.63, 3.8) is 0 Å². The van der Waals surface area contributed by atoms with E-state index in [1.165, 1.54) is 12.8 Å². The van der Waals surface area contributed by atoms with Gasteiger partial charge in [-0.2, -0.15) is 0 Å². The molecule has 0 radical (unpaired) electrons. The van der Waals surface area contributed by atoms with E-state index in [0.29, 0.717) is 18.9 Å². The summed E-state index contributed by atoms with van der Waals surface area (Å²) in [5.74, 6) is 0.187. The van der Waals surface area contributed by atoms with E-state index in [0.717, 1.165) is 18.5 Å². The predicted octanol–water partition coefficient (Wildman–Crippen LogP) is 3.63. The van der Waals surface area contributed by atoms with E-state index in [1.54, 1.807) is 0 Å². The number of alkyl halides is 1. The van der Waals surface area contributed by atoms with E-state index in [2.05, 4.69) is 47.8 Å². The van der Waals surface area contributed by atoms with Crippen LogP contribution < -0.4 is 5.32 Å². The third-order valence-electron chi connectivity index (χ3n) is 5.71. The number of Topliss-reactive ketones (excluding diaryl/α,β-unsaturated/α-hetero) is 1. The zero-order valence-electron chi connectivity index (χ0n) is 14.8. The Kier molecular flexibility index (Phi) is 5.28. The molecule has 4 atom stereocenters. The SMILES string of the molecule is CCOC(=O)C1C(I)C2C(=O)CC(C)(C)C=C2NC1C1CCCC1. The average molecular weight is 445 g/mol. The Balaban J connectivity index is 1.95. The molecule has 0 spiro atoms. The maximum Gasteiger partial charge on any atom is 0.312 e. The summed E-state index contributed by atoms with van der Waals surface area (Å²) in [5, 5.41) is 3.64. The first-order valence-electron chi connectivity index (χ1n) is 9.17. The van der Waals surface area contributed by atoms with E-state index >= 15 is 0 Å². The van der Waals surface area contributed by atoms with Crippen molar-refractivity contribution >= 4 is 34.3 Å². The highest BCUT2D eigenvalue weighted by atomic mass is 127. The summed E-state index contributed by atoms with van der Waals surface area (Å²) in [4.78, 5) is 25.5. The second-order valence-electron chi connectivity index (χ2n) is 8.15. The largest absolute Gasteiger partial charge is 0.466 e. The Morgan fingerprint density at radius 2 is 2.04 bits per heavy atom.